The molecule has 0 aromatic carbocycles. The molecule has 142 valence electrons. The number of esters is 3. The quantitative estimate of drug-likeness (QED) is 0.302. The minimum Gasteiger partial charge on any atom is -0.456 e. The van der Waals surface area contributed by atoms with Gasteiger partial charge in [0.2, 0.25) is 0 Å². The minimum absolute atomic E-state index is 0.200. The van der Waals surface area contributed by atoms with E-state index in [1.807, 2.05) is 0 Å². The number of nitrogens with zero attached hydrogens (tertiary/aromatic N) is 1. The number of aliphatic hydroxyl groups excluding tert-OH is 1. The number of carbonyl (C=O) groups excluding carboxylic acids is 3. The summed E-state index contributed by atoms with van der Waals surface area (Å²) in [4.78, 5) is 34.3. The van der Waals surface area contributed by atoms with Crippen molar-refractivity contribution in [1.29, 1.82) is 5.26 Å². The second-order valence-electron chi connectivity index (χ2n) is 5.03. The molecule has 1 unspecified atom stereocenters. The van der Waals surface area contributed by atoms with Crippen LogP contribution in [0.4, 0.5) is 0 Å². The molecule has 0 spiro atoms. The van der Waals surface area contributed by atoms with Gasteiger partial charge in [0.05, 0.1) is 12.7 Å². The van der Waals surface area contributed by atoms with Crippen LogP contribution in [0.2, 0.25) is 0 Å². The van der Waals surface area contributed by atoms with E-state index in [0.717, 1.165) is 20.8 Å². The Hall–Kier alpha value is -2.22. The lowest BCUT2D eigenvalue weighted by molar-refractivity contribution is -0.203. The predicted octanol–water partition coefficient (Wildman–Crippen LogP) is -0.673. The number of methoxy groups -OCH3 is 2. The highest BCUT2D eigenvalue weighted by atomic mass is 16.6. The summed E-state index contributed by atoms with van der Waals surface area (Å²) in [5, 5.41) is 18.8. The molecule has 0 fully saturated rings. The van der Waals surface area contributed by atoms with E-state index in [1.54, 1.807) is 6.07 Å². The molecule has 0 heterocycles. The van der Waals surface area contributed by atoms with E-state index in [2.05, 4.69) is 0 Å². The summed E-state index contributed by atoms with van der Waals surface area (Å²) in [5.74, 6) is -2.25. The van der Waals surface area contributed by atoms with E-state index >= 15 is 0 Å². The zero-order valence-corrected chi connectivity index (χ0v) is 14.8. The van der Waals surface area contributed by atoms with Crippen molar-refractivity contribution < 1.29 is 43.2 Å². The number of hydrogen-bond acceptors (Lipinski definition) is 10. The standard InChI is InChI=1S/C15H23NO9/c1-8(17)23-12(7-21-4)14(24-9(2)18)15(25-10(3)19)13(22-5)11(20)6-16/h11-15,20H,7H2,1-5H3/t11?,12-,13+,14-,15-/m1/s1. The van der Waals surface area contributed by atoms with Crippen molar-refractivity contribution in [2.45, 2.75) is 51.3 Å². The van der Waals surface area contributed by atoms with Crippen molar-refractivity contribution in [2.24, 2.45) is 0 Å². The number of ether oxygens (including phenoxy) is 5. The van der Waals surface area contributed by atoms with Crippen LogP contribution in [0.25, 0.3) is 0 Å². The van der Waals surface area contributed by atoms with Crippen LogP contribution in [0.1, 0.15) is 20.8 Å². The Morgan fingerprint density at radius 2 is 1.40 bits per heavy atom. The van der Waals surface area contributed by atoms with E-state index in [9.17, 15) is 19.5 Å². The van der Waals surface area contributed by atoms with Crippen LogP contribution in [-0.4, -0.2) is 74.4 Å². The molecule has 5 atom stereocenters. The number of aliphatic hydroxyl groups is 1. The van der Waals surface area contributed by atoms with E-state index in [0.29, 0.717) is 0 Å². The van der Waals surface area contributed by atoms with E-state index in [1.165, 1.54) is 14.2 Å². The maximum Gasteiger partial charge on any atom is 0.303 e. The Balaban J connectivity index is 5.94. The fourth-order valence-corrected chi connectivity index (χ4v) is 2.15. The molecule has 10 heteroatoms. The molecule has 0 saturated heterocycles. The Labute approximate surface area is 145 Å². The lowest BCUT2D eigenvalue weighted by Gasteiger charge is -2.35. The van der Waals surface area contributed by atoms with E-state index in [-0.39, 0.29) is 6.61 Å². The van der Waals surface area contributed by atoms with Crippen LogP contribution in [0.5, 0.6) is 0 Å². The van der Waals surface area contributed by atoms with E-state index < -0.39 is 48.4 Å². The van der Waals surface area contributed by atoms with Crippen molar-refractivity contribution in [1.82, 2.24) is 0 Å². The predicted molar refractivity (Wildman–Crippen MR) is 81.0 cm³/mol. The van der Waals surface area contributed by atoms with Crippen molar-refractivity contribution in [3.63, 3.8) is 0 Å². The van der Waals surface area contributed by atoms with Gasteiger partial charge in [-0.2, -0.15) is 5.26 Å². The fraction of sp³-hybridized carbons (Fsp3) is 0.733. The van der Waals surface area contributed by atoms with Gasteiger partial charge >= 0.3 is 17.9 Å². The molecule has 0 aliphatic carbocycles. The molecule has 0 bridgehead atoms. The van der Waals surface area contributed by atoms with E-state index in [4.69, 9.17) is 28.9 Å². The van der Waals surface area contributed by atoms with Crippen molar-refractivity contribution >= 4 is 17.9 Å². The Morgan fingerprint density at radius 3 is 1.76 bits per heavy atom. The maximum absolute atomic E-state index is 11.5. The normalized spacial score (nSPS) is 16.5. The van der Waals surface area contributed by atoms with Crippen LogP contribution in [0.15, 0.2) is 0 Å². The van der Waals surface area contributed by atoms with Crippen molar-refractivity contribution in [3.05, 3.63) is 0 Å². The molecular weight excluding hydrogens is 338 g/mol. The highest BCUT2D eigenvalue weighted by Crippen LogP contribution is 2.21. The van der Waals surface area contributed by atoms with Crippen LogP contribution in [0, 0.1) is 11.3 Å². The van der Waals surface area contributed by atoms with Crippen molar-refractivity contribution in [3.8, 4) is 6.07 Å². The summed E-state index contributed by atoms with van der Waals surface area (Å²) < 4.78 is 25.3. The number of nitriles is 1. The molecule has 0 radical (unpaired) electrons. The molecule has 0 saturated carbocycles. The van der Waals surface area contributed by atoms with Gasteiger partial charge in [-0.25, -0.2) is 0 Å². The van der Waals surface area contributed by atoms with Gasteiger partial charge in [-0.3, -0.25) is 14.4 Å². The number of rotatable bonds is 10. The molecule has 0 aliphatic heterocycles. The summed E-state index contributed by atoms with van der Waals surface area (Å²) in [6, 6.07) is 1.55. The zero-order valence-electron chi connectivity index (χ0n) is 14.8. The lowest BCUT2D eigenvalue weighted by atomic mass is 9.98. The van der Waals surface area contributed by atoms with Gasteiger partial charge in [0.25, 0.3) is 0 Å². The number of hydrogen-bond donors (Lipinski definition) is 1. The van der Waals surface area contributed by atoms with Gasteiger partial charge in [0, 0.05) is 35.0 Å². The third kappa shape index (κ3) is 7.93. The summed E-state index contributed by atoms with van der Waals surface area (Å²) in [7, 11) is 2.49. The first-order chi connectivity index (χ1) is 11.7. The smallest absolute Gasteiger partial charge is 0.303 e. The second-order valence-corrected chi connectivity index (χ2v) is 5.03. The molecule has 0 amide bonds. The fourth-order valence-electron chi connectivity index (χ4n) is 2.15. The SMILES string of the molecule is COC[C@@H](OC(C)=O)[C@@H](OC(C)=O)[C@H](OC(C)=O)[C@@H](OC)C(O)C#N. The highest BCUT2D eigenvalue weighted by molar-refractivity contribution is 5.68. The highest BCUT2D eigenvalue weighted by Gasteiger charge is 2.44. The Kier molecular flexibility index (Phi) is 10.3. The third-order valence-corrected chi connectivity index (χ3v) is 2.98. The second kappa shape index (κ2) is 11.4. The van der Waals surface area contributed by atoms with Gasteiger partial charge in [-0.05, 0) is 0 Å². The third-order valence-electron chi connectivity index (χ3n) is 2.98. The topological polar surface area (TPSA) is 141 Å². The van der Waals surface area contributed by atoms with Gasteiger partial charge in [0.15, 0.2) is 24.4 Å². The molecule has 0 aromatic rings. The number of carbonyl (C=O) groups is 3. The first-order valence-electron chi connectivity index (χ1n) is 7.28. The van der Waals surface area contributed by atoms with Gasteiger partial charge in [-0.15, -0.1) is 0 Å². The first-order valence-corrected chi connectivity index (χ1v) is 7.28. The molecular formula is C15H23NO9. The molecule has 0 aliphatic rings. The summed E-state index contributed by atoms with van der Waals surface area (Å²) >= 11 is 0. The van der Waals surface area contributed by atoms with Crippen LogP contribution in [-0.2, 0) is 38.1 Å². The summed E-state index contributed by atoms with van der Waals surface area (Å²) in [6.45, 7) is 3.11. The Morgan fingerprint density at radius 1 is 0.920 bits per heavy atom. The maximum atomic E-state index is 11.5. The van der Waals surface area contributed by atoms with Gasteiger partial charge in [0.1, 0.15) is 6.10 Å². The lowest BCUT2D eigenvalue weighted by Crippen LogP contribution is -2.55. The molecule has 0 aromatic heterocycles. The average molecular weight is 361 g/mol. The molecule has 10 nitrogen and oxygen atoms in total. The van der Waals surface area contributed by atoms with Crippen LogP contribution < -0.4 is 0 Å². The summed E-state index contributed by atoms with van der Waals surface area (Å²) in [6.07, 6.45) is -7.04. The van der Waals surface area contributed by atoms with Crippen LogP contribution >= 0.6 is 0 Å². The monoisotopic (exact) mass is 361 g/mol. The van der Waals surface area contributed by atoms with Gasteiger partial charge in [-0.1, -0.05) is 0 Å². The Bertz CT molecular complexity index is 502. The van der Waals surface area contributed by atoms with Gasteiger partial charge < -0.3 is 28.8 Å². The van der Waals surface area contributed by atoms with Crippen molar-refractivity contribution in [2.75, 3.05) is 20.8 Å². The first kappa shape index (κ1) is 22.8. The molecule has 25 heavy (non-hydrogen) atoms. The zero-order chi connectivity index (χ0) is 19.6. The summed E-state index contributed by atoms with van der Waals surface area (Å²) in [5.41, 5.74) is 0. The van der Waals surface area contributed by atoms with Crippen LogP contribution in [0.3, 0.4) is 0 Å². The molecule has 1 N–H and O–H groups in total. The molecule has 0 rings (SSSR count). The largest absolute Gasteiger partial charge is 0.456 e. The minimum atomic E-state index is -1.70. The average Bonchev–Trinajstić information content (AvgIpc) is 2.50.